The van der Waals surface area contributed by atoms with Crippen molar-refractivity contribution >= 4 is 27.5 Å². The quantitative estimate of drug-likeness (QED) is 0.753. The molecule has 2 N–H and O–H groups in total. The highest BCUT2D eigenvalue weighted by Crippen LogP contribution is 2.26. The van der Waals surface area contributed by atoms with Crippen LogP contribution >= 0.6 is 11.3 Å². The van der Waals surface area contributed by atoms with Crippen LogP contribution in [-0.4, -0.2) is 31.7 Å². The zero-order valence-corrected chi connectivity index (χ0v) is 14.8. The molecule has 24 heavy (non-hydrogen) atoms. The third-order valence-electron chi connectivity index (χ3n) is 3.87. The highest BCUT2D eigenvalue weighted by atomic mass is 32.1. The van der Waals surface area contributed by atoms with Crippen LogP contribution in [0.2, 0.25) is 0 Å². The van der Waals surface area contributed by atoms with Gasteiger partial charge in [0.25, 0.3) is 11.5 Å². The number of H-pyrrole nitrogens is 1. The van der Waals surface area contributed by atoms with Crippen molar-refractivity contribution in [3.63, 3.8) is 0 Å². The Labute approximate surface area is 142 Å². The van der Waals surface area contributed by atoms with Crippen LogP contribution in [0.5, 0.6) is 0 Å². The molecule has 3 heterocycles. The standard InChI is InChI=1S/C16H19N5O2S/c1-8(5-11-6-9(2)19-20-11)18-14(22)13-10(3)12-15(24-13)17-7-21(4)16(12)23/h6-8H,5H2,1-4H3,(H,18,22)(H,19,20)/t8-/m0/s1. The maximum absolute atomic E-state index is 12.6. The normalized spacial score (nSPS) is 12.5. The van der Waals surface area contributed by atoms with Crippen molar-refractivity contribution in [1.29, 1.82) is 0 Å². The molecule has 0 unspecified atom stereocenters. The van der Waals surface area contributed by atoms with Crippen LogP contribution in [0.1, 0.15) is 33.5 Å². The van der Waals surface area contributed by atoms with E-state index in [-0.39, 0.29) is 17.5 Å². The molecule has 0 radical (unpaired) electrons. The van der Waals surface area contributed by atoms with E-state index in [4.69, 9.17) is 0 Å². The first-order chi connectivity index (χ1) is 11.4. The van der Waals surface area contributed by atoms with Gasteiger partial charge in [-0.2, -0.15) is 5.10 Å². The van der Waals surface area contributed by atoms with E-state index in [9.17, 15) is 9.59 Å². The van der Waals surface area contributed by atoms with Gasteiger partial charge in [0.1, 0.15) is 4.83 Å². The van der Waals surface area contributed by atoms with Gasteiger partial charge in [0, 0.05) is 25.2 Å². The van der Waals surface area contributed by atoms with E-state index < -0.39 is 0 Å². The lowest BCUT2D eigenvalue weighted by atomic mass is 10.1. The van der Waals surface area contributed by atoms with Gasteiger partial charge in [0.05, 0.1) is 22.3 Å². The van der Waals surface area contributed by atoms with E-state index in [0.717, 1.165) is 11.4 Å². The number of hydrogen-bond acceptors (Lipinski definition) is 5. The molecule has 1 atom stereocenters. The third kappa shape index (κ3) is 2.96. The summed E-state index contributed by atoms with van der Waals surface area (Å²) in [5.74, 6) is -0.183. The highest BCUT2D eigenvalue weighted by molar-refractivity contribution is 7.20. The Morgan fingerprint density at radius 1 is 1.46 bits per heavy atom. The number of hydrogen-bond donors (Lipinski definition) is 2. The molecule has 0 bridgehead atoms. The number of carbonyl (C=O) groups is 1. The molecule has 0 fully saturated rings. The van der Waals surface area contributed by atoms with Crippen LogP contribution < -0.4 is 10.9 Å². The summed E-state index contributed by atoms with van der Waals surface area (Å²) in [7, 11) is 1.65. The zero-order chi connectivity index (χ0) is 17.4. The summed E-state index contributed by atoms with van der Waals surface area (Å²) in [6, 6.07) is 1.89. The van der Waals surface area contributed by atoms with Gasteiger partial charge in [-0.05, 0) is 32.4 Å². The number of fused-ring (bicyclic) bond motifs is 1. The molecule has 3 aromatic rings. The Morgan fingerprint density at radius 2 is 2.21 bits per heavy atom. The molecule has 0 aliphatic heterocycles. The smallest absolute Gasteiger partial charge is 0.262 e. The maximum atomic E-state index is 12.6. The van der Waals surface area contributed by atoms with E-state index >= 15 is 0 Å². The Bertz CT molecular complexity index is 969. The Kier molecular flexibility index (Phi) is 4.23. The van der Waals surface area contributed by atoms with Gasteiger partial charge in [-0.25, -0.2) is 4.98 Å². The lowest BCUT2D eigenvalue weighted by Crippen LogP contribution is -2.34. The second-order valence-electron chi connectivity index (χ2n) is 6.02. The van der Waals surface area contributed by atoms with Crippen molar-refractivity contribution in [2.75, 3.05) is 0 Å². The topological polar surface area (TPSA) is 92.7 Å². The molecule has 0 aromatic carbocycles. The molecule has 3 aromatic heterocycles. The fourth-order valence-electron chi connectivity index (χ4n) is 2.66. The highest BCUT2D eigenvalue weighted by Gasteiger charge is 2.20. The van der Waals surface area contributed by atoms with Crippen molar-refractivity contribution in [2.45, 2.75) is 33.2 Å². The fraction of sp³-hybridized carbons (Fsp3) is 0.375. The summed E-state index contributed by atoms with van der Waals surface area (Å²) in [6.07, 6.45) is 2.12. The van der Waals surface area contributed by atoms with Gasteiger partial charge in [0.2, 0.25) is 0 Å². The molecular weight excluding hydrogens is 326 g/mol. The number of nitrogens with zero attached hydrogens (tertiary/aromatic N) is 3. The Balaban J connectivity index is 1.82. The minimum Gasteiger partial charge on any atom is -0.348 e. The minimum atomic E-state index is -0.183. The van der Waals surface area contributed by atoms with Gasteiger partial charge in [-0.1, -0.05) is 0 Å². The molecule has 0 saturated heterocycles. The number of rotatable bonds is 4. The first kappa shape index (κ1) is 16.4. The van der Waals surface area contributed by atoms with Gasteiger partial charge in [-0.15, -0.1) is 11.3 Å². The summed E-state index contributed by atoms with van der Waals surface area (Å²) in [5.41, 5.74) is 2.45. The predicted molar refractivity (Wildman–Crippen MR) is 93.6 cm³/mol. The zero-order valence-electron chi connectivity index (χ0n) is 14.0. The second-order valence-corrected chi connectivity index (χ2v) is 7.02. The summed E-state index contributed by atoms with van der Waals surface area (Å²) < 4.78 is 1.42. The van der Waals surface area contributed by atoms with Crippen LogP contribution in [0, 0.1) is 13.8 Å². The van der Waals surface area contributed by atoms with Crippen LogP contribution in [0.3, 0.4) is 0 Å². The molecule has 3 rings (SSSR count). The number of thiophene rings is 1. The molecule has 126 valence electrons. The van der Waals surface area contributed by atoms with E-state index in [2.05, 4.69) is 20.5 Å². The fourth-order valence-corrected chi connectivity index (χ4v) is 3.70. The maximum Gasteiger partial charge on any atom is 0.262 e. The summed E-state index contributed by atoms with van der Waals surface area (Å²) in [6.45, 7) is 5.66. The number of nitrogens with one attached hydrogen (secondary N) is 2. The number of carbonyl (C=O) groups excluding carboxylic acids is 1. The largest absolute Gasteiger partial charge is 0.348 e. The number of aromatic nitrogens is 4. The monoisotopic (exact) mass is 345 g/mol. The average Bonchev–Trinajstić information content (AvgIpc) is 3.07. The van der Waals surface area contributed by atoms with Gasteiger partial charge in [-0.3, -0.25) is 14.7 Å². The van der Waals surface area contributed by atoms with Gasteiger partial charge >= 0.3 is 0 Å². The van der Waals surface area contributed by atoms with E-state index in [1.54, 1.807) is 14.0 Å². The van der Waals surface area contributed by atoms with E-state index in [1.165, 1.54) is 22.2 Å². The lowest BCUT2D eigenvalue weighted by molar-refractivity contribution is 0.0943. The molecule has 0 saturated carbocycles. The summed E-state index contributed by atoms with van der Waals surface area (Å²) in [5, 5.41) is 10.6. The van der Waals surface area contributed by atoms with Crippen LogP contribution in [-0.2, 0) is 13.5 Å². The second kappa shape index (κ2) is 6.20. The predicted octanol–water partition coefficient (Wildman–Crippen LogP) is 1.70. The SMILES string of the molecule is Cc1cc(C[C@H](C)NC(=O)c2sc3ncn(C)c(=O)c3c2C)n[nH]1. The molecule has 0 aliphatic rings. The minimum absolute atomic E-state index is 0.0689. The summed E-state index contributed by atoms with van der Waals surface area (Å²) >= 11 is 1.25. The van der Waals surface area contributed by atoms with E-state index in [0.29, 0.717) is 27.1 Å². The van der Waals surface area contributed by atoms with Crippen LogP contribution in [0.4, 0.5) is 0 Å². The van der Waals surface area contributed by atoms with Gasteiger partial charge in [0.15, 0.2) is 0 Å². The number of aryl methyl sites for hydroxylation is 3. The average molecular weight is 345 g/mol. The first-order valence-electron chi connectivity index (χ1n) is 7.63. The lowest BCUT2D eigenvalue weighted by Gasteiger charge is -2.12. The molecule has 8 heteroatoms. The third-order valence-corrected chi connectivity index (χ3v) is 5.07. The van der Waals surface area contributed by atoms with E-state index in [1.807, 2.05) is 19.9 Å². The van der Waals surface area contributed by atoms with Crippen molar-refractivity contribution in [1.82, 2.24) is 25.1 Å². The van der Waals surface area contributed by atoms with Crippen molar-refractivity contribution < 1.29 is 4.79 Å². The molecule has 1 amide bonds. The van der Waals surface area contributed by atoms with Crippen molar-refractivity contribution in [2.24, 2.45) is 7.05 Å². The molecular formula is C16H19N5O2S. The van der Waals surface area contributed by atoms with Crippen LogP contribution in [0.15, 0.2) is 17.2 Å². The Morgan fingerprint density at radius 3 is 2.88 bits per heavy atom. The van der Waals surface area contributed by atoms with Crippen LogP contribution in [0.25, 0.3) is 10.2 Å². The molecule has 0 spiro atoms. The van der Waals surface area contributed by atoms with Crippen molar-refractivity contribution in [3.05, 3.63) is 44.6 Å². The van der Waals surface area contributed by atoms with Crippen molar-refractivity contribution in [3.8, 4) is 0 Å². The summed E-state index contributed by atoms with van der Waals surface area (Å²) in [4.78, 5) is 30.2. The Hall–Kier alpha value is -2.48. The number of aromatic amines is 1. The first-order valence-corrected chi connectivity index (χ1v) is 8.45. The van der Waals surface area contributed by atoms with Gasteiger partial charge < -0.3 is 9.88 Å². The number of amides is 1. The molecule has 0 aliphatic carbocycles. The molecule has 7 nitrogen and oxygen atoms in total.